The maximum atomic E-state index is 4.47. The van der Waals surface area contributed by atoms with Crippen LogP contribution in [0.2, 0.25) is 0 Å². The zero-order valence-corrected chi connectivity index (χ0v) is 12.0. The van der Waals surface area contributed by atoms with Gasteiger partial charge in [-0.2, -0.15) is 0 Å². The SMILES string of the molecule is CCNCCn1nnnc1SCc1cccc(C)n1. The largest absolute Gasteiger partial charge is 0.315 e. The molecule has 0 spiro atoms. The monoisotopic (exact) mass is 278 g/mol. The Morgan fingerprint density at radius 1 is 1.37 bits per heavy atom. The lowest BCUT2D eigenvalue weighted by atomic mass is 10.3. The van der Waals surface area contributed by atoms with E-state index < -0.39 is 0 Å². The summed E-state index contributed by atoms with van der Waals surface area (Å²) in [5, 5.41) is 15.8. The third kappa shape index (κ3) is 4.29. The van der Waals surface area contributed by atoms with E-state index in [0.717, 1.165) is 41.9 Å². The van der Waals surface area contributed by atoms with E-state index in [9.17, 15) is 0 Å². The Morgan fingerprint density at radius 2 is 2.26 bits per heavy atom. The average molecular weight is 278 g/mol. The summed E-state index contributed by atoms with van der Waals surface area (Å²) >= 11 is 1.61. The standard InChI is InChI=1S/C12H18N6S/c1-3-13-7-8-18-12(15-16-17-18)19-9-11-6-4-5-10(2)14-11/h4-6,13H,3,7-9H2,1-2H3. The Labute approximate surface area is 117 Å². The molecule has 102 valence electrons. The van der Waals surface area contributed by atoms with E-state index in [2.05, 4.69) is 32.7 Å². The van der Waals surface area contributed by atoms with Gasteiger partial charge in [-0.3, -0.25) is 4.98 Å². The molecule has 2 aromatic heterocycles. The minimum Gasteiger partial charge on any atom is -0.315 e. The lowest BCUT2D eigenvalue weighted by Crippen LogP contribution is -2.20. The Hall–Kier alpha value is -1.47. The Balaban J connectivity index is 1.90. The average Bonchev–Trinajstić information content (AvgIpc) is 2.84. The van der Waals surface area contributed by atoms with Crippen LogP contribution in [0.1, 0.15) is 18.3 Å². The van der Waals surface area contributed by atoms with E-state index in [1.54, 1.807) is 11.8 Å². The van der Waals surface area contributed by atoms with Gasteiger partial charge >= 0.3 is 0 Å². The summed E-state index contributed by atoms with van der Waals surface area (Å²) < 4.78 is 1.82. The molecule has 0 amide bonds. The molecule has 0 unspecified atom stereocenters. The van der Waals surface area contributed by atoms with Crippen LogP contribution < -0.4 is 5.32 Å². The maximum absolute atomic E-state index is 4.47. The number of hydrogen-bond donors (Lipinski definition) is 1. The van der Waals surface area contributed by atoms with Crippen molar-refractivity contribution in [2.45, 2.75) is 31.3 Å². The molecule has 0 aliphatic carbocycles. The fraction of sp³-hybridized carbons (Fsp3) is 0.500. The molecule has 2 aromatic rings. The van der Waals surface area contributed by atoms with Crippen LogP contribution in [0.3, 0.4) is 0 Å². The second kappa shape index (κ2) is 7.20. The van der Waals surface area contributed by atoms with Gasteiger partial charge in [0.25, 0.3) is 0 Å². The lowest BCUT2D eigenvalue weighted by molar-refractivity contribution is 0.517. The number of aromatic nitrogens is 5. The van der Waals surface area contributed by atoms with E-state index in [-0.39, 0.29) is 0 Å². The van der Waals surface area contributed by atoms with E-state index in [0.29, 0.717) is 0 Å². The Morgan fingerprint density at radius 3 is 3.05 bits per heavy atom. The molecule has 0 saturated heterocycles. The van der Waals surface area contributed by atoms with Crippen molar-refractivity contribution in [3.63, 3.8) is 0 Å². The van der Waals surface area contributed by atoms with Gasteiger partial charge in [0, 0.05) is 18.0 Å². The molecule has 7 heteroatoms. The molecular formula is C12H18N6S. The van der Waals surface area contributed by atoms with Gasteiger partial charge in [-0.05, 0) is 36.0 Å². The highest BCUT2D eigenvalue weighted by molar-refractivity contribution is 7.98. The highest BCUT2D eigenvalue weighted by atomic mass is 32.2. The summed E-state index contributed by atoms with van der Waals surface area (Å²) in [6, 6.07) is 6.04. The van der Waals surface area contributed by atoms with Crippen LogP contribution >= 0.6 is 11.8 Å². The van der Waals surface area contributed by atoms with Gasteiger partial charge in [0.05, 0.1) is 12.2 Å². The van der Waals surface area contributed by atoms with Crippen LogP contribution in [0, 0.1) is 6.92 Å². The fourth-order valence-corrected chi connectivity index (χ4v) is 2.43. The first kappa shape index (κ1) is 14.0. The minimum absolute atomic E-state index is 0.781. The molecule has 0 saturated carbocycles. The number of pyridine rings is 1. The van der Waals surface area contributed by atoms with Crippen LogP contribution in [0.5, 0.6) is 0 Å². The number of nitrogens with zero attached hydrogens (tertiary/aromatic N) is 5. The van der Waals surface area contributed by atoms with Crippen molar-refractivity contribution < 1.29 is 0 Å². The van der Waals surface area contributed by atoms with Crippen molar-refractivity contribution in [1.82, 2.24) is 30.5 Å². The molecule has 6 nitrogen and oxygen atoms in total. The third-order valence-corrected chi connectivity index (χ3v) is 3.54. The summed E-state index contributed by atoms with van der Waals surface area (Å²) in [6.07, 6.45) is 0. The Bertz CT molecular complexity index is 512. The second-order valence-corrected chi connectivity index (χ2v) is 5.04. The molecule has 0 atom stereocenters. The summed E-state index contributed by atoms with van der Waals surface area (Å²) in [4.78, 5) is 4.47. The van der Waals surface area contributed by atoms with Gasteiger partial charge in [0.15, 0.2) is 0 Å². The van der Waals surface area contributed by atoms with Gasteiger partial charge in [-0.25, -0.2) is 4.68 Å². The first-order valence-electron chi connectivity index (χ1n) is 6.32. The molecule has 0 bridgehead atoms. The number of thioether (sulfide) groups is 1. The zero-order valence-electron chi connectivity index (χ0n) is 11.2. The molecule has 0 aliphatic heterocycles. The Kier molecular flexibility index (Phi) is 5.29. The highest BCUT2D eigenvalue weighted by Crippen LogP contribution is 2.18. The molecule has 1 N–H and O–H groups in total. The minimum atomic E-state index is 0.781. The number of nitrogens with one attached hydrogen (secondary N) is 1. The van der Waals surface area contributed by atoms with Crippen LogP contribution in [-0.2, 0) is 12.3 Å². The van der Waals surface area contributed by atoms with Crippen LogP contribution in [0.15, 0.2) is 23.4 Å². The summed E-state index contributed by atoms with van der Waals surface area (Å²) in [7, 11) is 0. The summed E-state index contributed by atoms with van der Waals surface area (Å²) in [5.41, 5.74) is 2.08. The van der Waals surface area contributed by atoms with Crippen molar-refractivity contribution in [2.24, 2.45) is 0 Å². The summed E-state index contributed by atoms with van der Waals surface area (Å²) in [5.74, 6) is 0.781. The van der Waals surface area contributed by atoms with Crippen LogP contribution in [-0.4, -0.2) is 38.3 Å². The van der Waals surface area contributed by atoms with Crippen LogP contribution in [0.4, 0.5) is 0 Å². The highest BCUT2D eigenvalue weighted by Gasteiger charge is 2.07. The lowest BCUT2D eigenvalue weighted by Gasteiger charge is -2.04. The van der Waals surface area contributed by atoms with Crippen molar-refractivity contribution in [3.05, 3.63) is 29.6 Å². The number of tetrazole rings is 1. The van der Waals surface area contributed by atoms with Crippen molar-refractivity contribution >= 4 is 11.8 Å². The molecule has 2 heterocycles. The fourth-order valence-electron chi connectivity index (χ4n) is 1.62. The number of rotatable bonds is 7. The van der Waals surface area contributed by atoms with Crippen molar-refractivity contribution in [2.75, 3.05) is 13.1 Å². The third-order valence-electron chi connectivity index (χ3n) is 2.54. The number of aryl methyl sites for hydroxylation is 1. The smallest absolute Gasteiger partial charge is 0.209 e. The van der Waals surface area contributed by atoms with Gasteiger partial charge in [0.1, 0.15) is 0 Å². The first-order valence-corrected chi connectivity index (χ1v) is 7.30. The van der Waals surface area contributed by atoms with Gasteiger partial charge in [0.2, 0.25) is 5.16 Å². The van der Waals surface area contributed by atoms with E-state index in [1.807, 2.05) is 29.8 Å². The molecule has 0 fully saturated rings. The van der Waals surface area contributed by atoms with Gasteiger partial charge in [-0.1, -0.05) is 24.8 Å². The maximum Gasteiger partial charge on any atom is 0.209 e. The van der Waals surface area contributed by atoms with E-state index in [1.165, 1.54) is 0 Å². The first-order chi connectivity index (χ1) is 9.29. The zero-order chi connectivity index (χ0) is 13.5. The number of hydrogen-bond acceptors (Lipinski definition) is 6. The van der Waals surface area contributed by atoms with E-state index >= 15 is 0 Å². The van der Waals surface area contributed by atoms with Gasteiger partial charge < -0.3 is 5.32 Å². The van der Waals surface area contributed by atoms with E-state index in [4.69, 9.17) is 0 Å². The predicted molar refractivity (Wildman–Crippen MR) is 74.9 cm³/mol. The van der Waals surface area contributed by atoms with Crippen molar-refractivity contribution in [1.29, 1.82) is 0 Å². The molecule has 0 aromatic carbocycles. The molecular weight excluding hydrogens is 260 g/mol. The predicted octanol–water partition coefficient (Wildman–Crippen LogP) is 1.28. The quantitative estimate of drug-likeness (QED) is 0.608. The molecule has 0 radical (unpaired) electrons. The topological polar surface area (TPSA) is 68.5 Å². The number of likely N-dealkylation sites (N-methyl/N-ethyl adjacent to an activating group) is 1. The summed E-state index contributed by atoms with van der Waals surface area (Å²) in [6.45, 7) is 6.69. The second-order valence-electron chi connectivity index (χ2n) is 4.10. The van der Waals surface area contributed by atoms with Crippen LogP contribution in [0.25, 0.3) is 0 Å². The molecule has 2 rings (SSSR count). The normalized spacial score (nSPS) is 10.8. The van der Waals surface area contributed by atoms with Gasteiger partial charge in [-0.15, -0.1) is 5.10 Å². The van der Waals surface area contributed by atoms with Crippen molar-refractivity contribution in [3.8, 4) is 0 Å². The molecule has 0 aliphatic rings. The molecule has 19 heavy (non-hydrogen) atoms.